The van der Waals surface area contributed by atoms with E-state index in [1.165, 1.54) is 11.3 Å². The molecule has 0 fully saturated rings. The second kappa shape index (κ2) is 4.77. The average molecular weight is 310 g/mol. The van der Waals surface area contributed by atoms with Crippen LogP contribution < -0.4 is 0 Å². The Bertz CT molecular complexity index is 407. The maximum atomic E-state index is 11.0. The molecule has 1 unspecified atom stereocenters. The summed E-state index contributed by atoms with van der Waals surface area (Å²) in [6, 6.07) is 3.36. The van der Waals surface area contributed by atoms with E-state index in [4.69, 9.17) is 39.0 Å². The van der Waals surface area contributed by atoms with Crippen molar-refractivity contribution in [2.24, 2.45) is 0 Å². The lowest BCUT2D eigenvalue weighted by atomic mass is 10.3. The largest absolute Gasteiger partial charge is 0.265 e. The maximum Gasteiger partial charge on any atom is 0.265 e. The second-order valence-corrected chi connectivity index (χ2v) is 7.69. The highest BCUT2D eigenvalue weighted by Crippen LogP contribution is 2.44. The molecule has 8 heteroatoms. The van der Waals surface area contributed by atoms with Crippen LogP contribution in [0.4, 0.5) is 0 Å². The fourth-order valence-electron chi connectivity index (χ4n) is 0.879. The Labute approximate surface area is 107 Å². The minimum absolute atomic E-state index is 0.542. The maximum absolute atomic E-state index is 11.0. The van der Waals surface area contributed by atoms with E-state index in [0.29, 0.717) is 4.88 Å². The first kappa shape index (κ1) is 13.5. The molecular weight excluding hydrogens is 303 g/mol. The van der Waals surface area contributed by atoms with Crippen molar-refractivity contribution in [3.05, 3.63) is 22.4 Å². The quantitative estimate of drug-likeness (QED) is 0.636. The number of alkyl halides is 3. The van der Waals surface area contributed by atoms with Gasteiger partial charge in [-0.15, -0.1) is 11.3 Å². The SMILES string of the molecule is CS(=O)(=O)OC(c1cccs1)C(Cl)(Cl)Cl. The molecule has 0 saturated heterocycles. The molecule has 15 heavy (non-hydrogen) atoms. The molecule has 1 atom stereocenters. The normalized spacial score (nSPS) is 15.2. The minimum Gasteiger partial charge on any atom is -0.257 e. The van der Waals surface area contributed by atoms with Crippen LogP contribution in [0.1, 0.15) is 11.0 Å². The van der Waals surface area contributed by atoms with E-state index >= 15 is 0 Å². The van der Waals surface area contributed by atoms with Gasteiger partial charge in [0.2, 0.25) is 3.79 Å². The Balaban J connectivity index is 3.01. The van der Waals surface area contributed by atoms with Crippen molar-refractivity contribution in [1.82, 2.24) is 0 Å². The second-order valence-electron chi connectivity index (χ2n) is 2.74. The predicted octanol–water partition coefficient (Wildman–Crippen LogP) is 3.14. The van der Waals surface area contributed by atoms with E-state index in [0.717, 1.165) is 6.26 Å². The topological polar surface area (TPSA) is 43.4 Å². The van der Waals surface area contributed by atoms with Gasteiger partial charge < -0.3 is 0 Å². The van der Waals surface area contributed by atoms with Crippen molar-refractivity contribution < 1.29 is 12.6 Å². The van der Waals surface area contributed by atoms with Gasteiger partial charge in [-0.2, -0.15) is 8.42 Å². The first-order valence-corrected chi connectivity index (χ1v) is 7.51. The van der Waals surface area contributed by atoms with Crippen molar-refractivity contribution in [3.8, 4) is 0 Å². The highest BCUT2D eigenvalue weighted by molar-refractivity contribution is 7.86. The lowest BCUT2D eigenvalue weighted by molar-refractivity contribution is 0.224. The summed E-state index contributed by atoms with van der Waals surface area (Å²) < 4.78 is 24.9. The smallest absolute Gasteiger partial charge is 0.257 e. The van der Waals surface area contributed by atoms with Crippen LogP contribution in [0.3, 0.4) is 0 Å². The number of thiophene rings is 1. The molecule has 0 aliphatic carbocycles. The zero-order chi connectivity index (χ0) is 11.7. The Morgan fingerprint density at radius 1 is 1.47 bits per heavy atom. The van der Waals surface area contributed by atoms with Crippen molar-refractivity contribution in [2.45, 2.75) is 9.90 Å². The Kier molecular flexibility index (Phi) is 4.31. The van der Waals surface area contributed by atoms with Crippen molar-refractivity contribution >= 4 is 56.3 Å². The molecule has 0 spiro atoms. The molecule has 0 radical (unpaired) electrons. The predicted molar refractivity (Wildman–Crippen MR) is 63.3 cm³/mol. The number of hydrogen-bond donors (Lipinski definition) is 0. The molecule has 0 aromatic carbocycles. The zero-order valence-corrected chi connectivity index (χ0v) is 11.4. The Hall–Kier alpha value is 0.480. The Morgan fingerprint density at radius 2 is 2.07 bits per heavy atom. The van der Waals surface area contributed by atoms with E-state index in [9.17, 15) is 8.42 Å². The molecule has 0 bridgehead atoms. The first-order valence-electron chi connectivity index (χ1n) is 3.68. The summed E-state index contributed by atoms with van der Waals surface area (Å²) in [4.78, 5) is 0.542. The van der Waals surface area contributed by atoms with Crippen LogP contribution >= 0.6 is 46.1 Å². The van der Waals surface area contributed by atoms with E-state index in [1.54, 1.807) is 17.5 Å². The van der Waals surface area contributed by atoms with Crippen LogP contribution in [0, 0.1) is 0 Å². The summed E-state index contributed by atoms with van der Waals surface area (Å²) >= 11 is 18.2. The van der Waals surface area contributed by atoms with Crippen molar-refractivity contribution in [3.63, 3.8) is 0 Å². The van der Waals surface area contributed by atoms with Gasteiger partial charge in [-0.3, -0.25) is 4.18 Å². The average Bonchev–Trinajstić information content (AvgIpc) is 2.47. The molecule has 1 rings (SSSR count). The molecule has 1 aromatic heterocycles. The monoisotopic (exact) mass is 308 g/mol. The summed E-state index contributed by atoms with van der Waals surface area (Å²) in [5, 5.41) is 1.74. The molecule has 3 nitrogen and oxygen atoms in total. The van der Waals surface area contributed by atoms with E-state index in [1.807, 2.05) is 0 Å². The summed E-state index contributed by atoms with van der Waals surface area (Å²) in [6.45, 7) is 0. The molecule has 0 N–H and O–H groups in total. The third-order valence-corrected chi connectivity index (χ3v) is 3.42. The van der Waals surface area contributed by atoms with Gasteiger partial charge in [0, 0.05) is 4.88 Å². The third kappa shape index (κ3) is 4.46. The lowest BCUT2D eigenvalue weighted by Crippen LogP contribution is -2.22. The molecule has 0 amide bonds. The van der Waals surface area contributed by atoms with Gasteiger partial charge in [0.1, 0.15) is 0 Å². The standard InChI is InChI=1S/C7H7Cl3O3S2/c1-15(11,12)13-6(7(8,9)10)5-3-2-4-14-5/h2-4,6H,1H3. The molecule has 0 aliphatic rings. The van der Waals surface area contributed by atoms with Gasteiger partial charge in [0.15, 0.2) is 6.10 Å². The van der Waals surface area contributed by atoms with Gasteiger partial charge >= 0.3 is 0 Å². The highest BCUT2D eigenvalue weighted by Gasteiger charge is 2.38. The van der Waals surface area contributed by atoms with Gasteiger partial charge in [0.25, 0.3) is 10.1 Å². The zero-order valence-electron chi connectivity index (χ0n) is 7.48. The van der Waals surface area contributed by atoms with E-state index in [2.05, 4.69) is 0 Å². The van der Waals surface area contributed by atoms with Crippen LogP contribution in [0.25, 0.3) is 0 Å². The number of halogens is 3. The number of hydrogen-bond acceptors (Lipinski definition) is 4. The van der Waals surface area contributed by atoms with Crippen LogP contribution in [0.15, 0.2) is 17.5 Å². The summed E-state index contributed by atoms with van der Waals surface area (Å²) in [7, 11) is -3.68. The number of rotatable bonds is 3. The van der Waals surface area contributed by atoms with Crippen molar-refractivity contribution in [2.75, 3.05) is 6.26 Å². The van der Waals surface area contributed by atoms with E-state index < -0.39 is 20.0 Å². The van der Waals surface area contributed by atoms with Crippen LogP contribution in [0.5, 0.6) is 0 Å². The van der Waals surface area contributed by atoms with Crippen LogP contribution in [-0.4, -0.2) is 18.5 Å². The minimum atomic E-state index is -3.68. The van der Waals surface area contributed by atoms with Crippen LogP contribution in [0.2, 0.25) is 0 Å². The first-order chi connectivity index (χ1) is 6.70. The Morgan fingerprint density at radius 3 is 2.40 bits per heavy atom. The molecule has 1 aromatic rings. The van der Waals surface area contributed by atoms with Gasteiger partial charge in [-0.05, 0) is 11.4 Å². The van der Waals surface area contributed by atoms with Gasteiger partial charge in [-0.1, -0.05) is 40.9 Å². The molecule has 0 saturated carbocycles. The van der Waals surface area contributed by atoms with Crippen molar-refractivity contribution in [1.29, 1.82) is 0 Å². The molecule has 0 aliphatic heterocycles. The summed E-state index contributed by atoms with van der Waals surface area (Å²) in [5.74, 6) is 0. The lowest BCUT2D eigenvalue weighted by Gasteiger charge is -2.21. The summed E-state index contributed by atoms with van der Waals surface area (Å²) in [6.07, 6.45) is -0.207. The van der Waals surface area contributed by atoms with Crippen LogP contribution in [-0.2, 0) is 14.3 Å². The third-order valence-electron chi connectivity index (χ3n) is 1.37. The fraction of sp³-hybridized carbons (Fsp3) is 0.429. The highest BCUT2D eigenvalue weighted by atomic mass is 35.6. The molecular formula is C7H7Cl3O3S2. The molecule has 1 heterocycles. The summed E-state index contributed by atoms with van der Waals surface area (Å²) in [5.41, 5.74) is 0. The van der Waals surface area contributed by atoms with Gasteiger partial charge in [0.05, 0.1) is 6.26 Å². The van der Waals surface area contributed by atoms with E-state index in [-0.39, 0.29) is 0 Å². The molecule has 86 valence electrons. The fourth-order valence-corrected chi connectivity index (χ4v) is 3.20. The van der Waals surface area contributed by atoms with Gasteiger partial charge in [-0.25, -0.2) is 0 Å².